The van der Waals surface area contributed by atoms with Gasteiger partial charge in [-0.15, -0.1) is 0 Å². The number of piperidine rings is 1. The lowest BCUT2D eigenvalue weighted by atomic mass is 10.00. The molecule has 0 bridgehead atoms. The summed E-state index contributed by atoms with van der Waals surface area (Å²) < 4.78 is 0. The number of para-hydroxylation sites is 3. The van der Waals surface area contributed by atoms with Crippen LogP contribution in [0.5, 0.6) is 0 Å². The molecule has 0 aliphatic carbocycles. The standard InChI is InChI=1S/C24H25N5O3/c30-21(13-12-19-24(32)27-16-8-2-1-7-15(16)23(31)28-19)29-14-6-5-11-20(29)22-25-17-9-3-4-10-18(17)26-22/h1-4,7-10,19-20H,5-6,11-14H2,(H,25,26)(H,27,32)(H,28,31)/t19-,20+/m0/s1. The number of hydrogen-bond acceptors (Lipinski definition) is 4. The van der Waals surface area contributed by atoms with E-state index in [0.29, 0.717) is 17.8 Å². The Morgan fingerprint density at radius 3 is 2.75 bits per heavy atom. The van der Waals surface area contributed by atoms with Crippen molar-refractivity contribution in [2.75, 3.05) is 11.9 Å². The van der Waals surface area contributed by atoms with Crippen LogP contribution in [0, 0.1) is 0 Å². The number of anilines is 1. The number of carbonyl (C=O) groups excluding carboxylic acids is 3. The molecule has 1 saturated heterocycles. The molecule has 3 heterocycles. The van der Waals surface area contributed by atoms with Crippen molar-refractivity contribution in [3.8, 4) is 0 Å². The topological polar surface area (TPSA) is 107 Å². The molecule has 0 unspecified atom stereocenters. The first-order valence-electron chi connectivity index (χ1n) is 11.0. The lowest BCUT2D eigenvalue weighted by Crippen LogP contribution is -2.43. The normalized spacial score (nSPS) is 20.9. The maximum atomic E-state index is 13.2. The molecule has 8 heteroatoms. The summed E-state index contributed by atoms with van der Waals surface area (Å²) in [6, 6.07) is 13.9. The van der Waals surface area contributed by atoms with Crippen molar-refractivity contribution >= 4 is 34.4 Å². The number of benzene rings is 2. The largest absolute Gasteiger partial charge is 0.340 e. The van der Waals surface area contributed by atoms with Crippen molar-refractivity contribution in [1.29, 1.82) is 0 Å². The molecule has 2 aliphatic heterocycles. The van der Waals surface area contributed by atoms with E-state index in [-0.39, 0.29) is 36.6 Å². The quantitative estimate of drug-likeness (QED) is 0.590. The summed E-state index contributed by atoms with van der Waals surface area (Å²) in [5.74, 6) is 0.160. The van der Waals surface area contributed by atoms with E-state index in [1.165, 1.54) is 0 Å². The highest BCUT2D eigenvalue weighted by molar-refractivity contribution is 6.09. The predicted molar refractivity (Wildman–Crippen MR) is 120 cm³/mol. The van der Waals surface area contributed by atoms with Gasteiger partial charge in [0.05, 0.1) is 28.3 Å². The van der Waals surface area contributed by atoms with E-state index >= 15 is 0 Å². The van der Waals surface area contributed by atoms with Crippen molar-refractivity contribution in [3.63, 3.8) is 0 Å². The van der Waals surface area contributed by atoms with Crippen LogP contribution < -0.4 is 10.6 Å². The van der Waals surface area contributed by atoms with Gasteiger partial charge in [0, 0.05) is 13.0 Å². The maximum Gasteiger partial charge on any atom is 0.254 e. The Morgan fingerprint density at radius 2 is 1.88 bits per heavy atom. The first-order chi connectivity index (χ1) is 15.6. The van der Waals surface area contributed by atoms with Crippen molar-refractivity contribution < 1.29 is 14.4 Å². The van der Waals surface area contributed by atoms with E-state index in [4.69, 9.17) is 4.98 Å². The molecular formula is C24H25N5O3. The number of hydrogen-bond donors (Lipinski definition) is 3. The summed E-state index contributed by atoms with van der Waals surface area (Å²) in [4.78, 5) is 48.3. The maximum absolute atomic E-state index is 13.2. The number of imidazole rings is 1. The van der Waals surface area contributed by atoms with Gasteiger partial charge in [-0.25, -0.2) is 4.98 Å². The molecule has 3 aromatic rings. The molecule has 1 aromatic heterocycles. The van der Waals surface area contributed by atoms with Crippen molar-refractivity contribution in [1.82, 2.24) is 20.2 Å². The first-order valence-corrected chi connectivity index (χ1v) is 11.0. The summed E-state index contributed by atoms with van der Waals surface area (Å²) in [6.07, 6.45) is 3.24. The van der Waals surface area contributed by atoms with Crippen LogP contribution in [0.4, 0.5) is 5.69 Å². The number of amides is 3. The second kappa shape index (κ2) is 8.45. The van der Waals surface area contributed by atoms with Crippen LogP contribution in [0.1, 0.15) is 54.3 Å². The Morgan fingerprint density at radius 1 is 1.06 bits per heavy atom. The molecule has 5 rings (SSSR count). The number of aromatic nitrogens is 2. The van der Waals surface area contributed by atoms with Crippen LogP contribution in [0.2, 0.25) is 0 Å². The number of nitrogens with zero attached hydrogens (tertiary/aromatic N) is 2. The average molecular weight is 431 g/mol. The highest BCUT2D eigenvalue weighted by Crippen LogP contribution is 2.31. The number of aromatic amines is 1. The fraction of sp³-hybridized carbons (Fsp3) is 0.333. The van der Waals surface area contributed by atoms with Gasteiger partial charge < -0.3 is 20.5 Å². The third-order valence-corrected chi connectivity index (χ3v) is 6.24. The van der Waals surface area contributed by atoms with Gasteiger partial charge in [0.1, 0.15) is 11.9 Å². The zero-order valence-corrected chi connectivity index (χ0v) is 17.6. The fourth-order valence-corrected chi connectivity index (χ4v) is 4.57. The third kappa shape index (κ3) is 3.84. The Labute approximate surface area is 185 Å². The molecule has 2 aliphatic rings. The summed E-state index contributed by atoms with van der Waals surface area (Å²) in [7, 11) is 0. The van der Waals surface area contributed by atoms with Gasteiger partial charge in [-0.05, 0) is 49.9 Å². The number of carbonyl (C=O) groups is 3. The third-order valence-electron chi connectivity index (χ3n) is 6.24. The molecule has 2 atom stereocenters. The predicted octanol–water partition coefficient (Wildman–Crippen LogP) is 3.15. The second-order valence-corrected chi connectivity index (χ2v) is 8.34. The van der Waals surface area contributed by atoms with E-state index in [1.54, 1.807) is 24.3 Å². The van der Waals surface area contributed by atoms with E-state index in [1.807, 2.05) is 29.2 Å². The molecule has 8 nitrogen and oxygen atoms in total. The summed E-state index contributed by atoms with van der Waals surface area (Å²) in [5.41, 5.74) is 2.76. The zero-order valence-electron chi connectivity index (χ0n) is 17.6. The SMILES string of the molecule is O=C1N[C@@H](CCC(=O)N2CCCC[C@@H]2c2nc3ccccc3[nH]2)C(=O)Nc2ccccc21. The van der Waals surface area contributed by atoms with Crippen LogP contribution in [-0.4, -0.2) is 45.2 Å². The number of likely N-dealkylation sites (tertiary alicyclic amines) is 1. The number of fused-ring (bicyclic) bond motifs is 2. The molecule has 0 spiro atoms. The molecule has 32 heavy (non-hydrogen) atoms. The van der Waals surface area contributed by atoms with Crippen molar-refractivity contribution in [3.05, 3.63) is 59.9 Å². The van der Waals surface area contributed by atoms with E-state index in [9.17, 15) is 14.4 Å². The van der Waals surface area contributed by atoms with Gasteiger partial charge in [0.15, 0.2) is 0 Å². The minimum absolute atomic E-state index is 0.0287. The van der Waals surface area contributed by atoms with Gasteiger partial charge in [0.25, 0.3) is 5.91 Å². The summed E-state index contributed by atoms with van der Waals surface area (Å²) in [6.45, 7) is 0.662. The summed E-state index contributed by atoms with van der Waals surface area (Å²) in [5, 5.41) is 5.56. The van der Waals surface area contributed by atoms with Gasteiger partial charge >= 0.3 is 0 Å². The minimum Gasteiger partial charge on any atom is -0.340 e. The van der Waals surface area contributed by atoms with Crippen LogP contribution in [0.3, 0.4) is 0 Å². The van der Waals surface area contributed by atoms with E-state index in [2.05, 4.69) is 15.6 Å². The number of H-pyrrole nitrogens is 1. The lowest BCUT2D eigenvalue weighted by Gasteiger charge is -2.35. The van der Waals surface area contributed by atoms with Crippen LogP contribution in [0.25, 0.3) is 11.0 Å². The Kier molecular flexibility index (Phi) is 5.34. The van der Waals surface area contributed by atoms with E-state index in [0.717, 1.165) is 36.1 Å². The highest BCUT2D eigenvalue weighted by atomic mass is 16.2. The Balaban J connectivity index is 1.28. The van der Waals surface area contributed by atoms with Gasteiger partial charge in [-0.1, -0.05) is 24.3 Å². The molecular weight excluding hydrogens is 406 g/mol. The molecule has 164 valence electrons. The van der Waals surface area contributed by atoms with Crippen molar-refractivity contribution in [2.24, 2.45) is 0 Å². The van der Waals surface area contributed by atoms with Gasteiger partial charge in [-0.2, -0.15) is 0 Å². The number of rotatable bonds is 4. The van der Waals surface area contributed by atoms with Crippen LogP contribution in [-0.2, 0) is 9.59 Å². The Bertz CT molecular complexity index is 1150. The number of nitrogens with one attached hydrogen (secondary N) is 3. The molecule has 2 aromatic carbocycles. The lowest BCUT2D eigenvalue weighted by molar-refractivity contribution is -0.135. The van der Waals surface area contributed by atoms with Gasteiger partial charge in [0.2, 0.25) is 11.8 Å². The van der Waals surface area contributed by atoms with Crippen LogP contribution in [0.15, 0.2) is 48.5 Å². The Hall–Kier alpha value is -3.68. The van der Waals surface area contributed by atoms with Crippen molar-refractivity contribution in [2.45, 2.75) is 44.2 Å². The zero-order chi connectivity index (χ0) is 22.1. The van der Waals surface area contributed by atoms with Crippen LogP contribution >= 0.6 is 0 Å². The molecule has 3 N–H and O–H groups in total. The molecule has 0 radical (unpaired) electrons. The van der Waals surface area contributed by atoms with Gasteiger partial charge in [-0.3, -0.25) is 14.4 Å². The fourth-order valence-electron chi connectivity index (χ4n) is 4.57. The molecule has 0 saturated carbocycles. The highest BCUT2D eigenvalue weighted by Gasteiger charge is 2.32. The second-order valence-electron chi connectivity index (χ2n) is 8.34. The monoisotopic (exact) mass is 431 g/mol. The average Bonchev–Trinajstić information content (AvgIpc) is 3.21. The summed E-state index contributed by atoms with van der Waals surface area (Å²) >= 11 is 0. The minimum atomic E-state index is -0.756. The smallest absolute Gasteiger partial charge is 0.254 e. The molecule has 3 amide bonds. The molecule has 1 fully saturated rings. The van der Waals surface area contributed by atoms with E-state index < -0.39 is 6.04 Å². The first kappa shape index (κ1) is 20.2.